The average molecular weight is 377 g/mol. The van der Waals surface area contributed by atoms with E-state index in [9.17, 15) is 18.0 Å². The van der Waals surface area contributed by atoms with Gasteiger partial charge in [0.2, 0.25) is 15.9 Å². The Labute approximate surface area is 153 Å². The second kappa shape index (κ2) is 8.01. The highest BCUT2D eigenvalue weighted by atomic mass is 32.2. The molecule has 0 aromatic heterocycles. The van der Waals surface area contributed by atoms with Gasteiger partial charge >= 0.3 is 0 Å². The molecule has 140 valence electrons. The third-order valence-corrected chi connectivity index (χ3v) is 6.57. The fourth-order valence-electron chi connectivity index (χ4n) is 3.23. The first-order valence-corrected chi connectivity index (χ1v) is 10.3. The number of nitrogens with zero attached hydrogens (tertiary/aromatic N) is 1. The Kier molecular flexibility index (Phi) is 5.73. The van der Waals surface area contributed by atoms with Gasteiger partial charge in [0.05, 0.1) is 4.90 Å². The van der Waals surface area contributed by atoms with Crippen molar-refractivity contribution in [1.29, 1.82) is 0 Å². The Balaban J connectivity index is 1.61. The Morgan fingerprint density at radius 3 is 2.62 bits per heavy atom. The molecule has 1 aromatic carbocycles. The zero-order valence-electron chi connectivity index (χ0n) is 14.5. The van der Waals surface area contributed by atoms with Crippen LogP contribution in [0.1, 0.15) is 42.5 Å². The topological polar surface area (TPSA) is 95.6 Å². The third kappa shape index (κ3) is 4.31. The summed E-state index contributed by atoms with van der Waals surface area (Å²) in [7, 11) is -3.58. The summed E-state index contributed by atoms with van der Waals surface area (Å²) >= 11 is 0. The number of nitrogens with one attached hydrogen (secondary N) is 2. The summed E-state index contributed by atoms with van der Waals surface area (Å²) < 4.78 is 26.6. The van der Waals surface area contributed by atoms with Crippen LogP contribution in [0.15, 0.2) is 41.3 Å². The molecule has 2 aliphatic rings. The van der Waals surface area contributed by atoms with E-state index in [1.807, 2.05) is 12.2 Å². The van der Waals surface area contributed by atoms with Crippen molar-refractivity contribution in [2.24, 2.45) is 5.92 Å². The van der Waals surface area contributed by atoms with E-state index in [4.69, 9.17) is 0 Å². The molecule has 0 bridgehead atoms. The SMILES string of the molecule is O=C(C[C@@H]1C=CCC1)NNC(=O)c1cccc(S(=O)(=O)N2CCCC2)c1. The lowest BCUT2D eigenvalue weighted by Crippen LogP contribution is -2.42. The van der Waals surface area contributed by atoms with Gasteiger partial charge in [0.25, 0.3) is 5.91 Å². The molecule has 26 heavy (non-hydrogen) atoms. The maximum absolute atomic E-state index is 12.6. The van der Waals surface area contributed by atoms with Gasteiger partial charge in [-0.15, -0.1) is 0 Å². The molecular formula is C18H23N3O4S. The Morgan fingerprint density at radius 2 is 1.92 bits per heavy atom. The largest absolute Gasteiger partial charge is 0.273 e. The number of sulfonamides is 1. The molecule has 0 saturated carbocycles. The van der Waals surface area contributed by atoms with E-state index in [2.05, 4.69) is 10.9 Å². The normalized spacial score (nSPS) is 20.2. The number of hydrogen-bond acceptors (Lipinski definition) is 4. The van der Waals surface area contributed by atoms with Crippen molar-refractivity contribution in [1.82, 2.24) is 15.2 Å². The minimum atomic E-state index is -3.58. The molecule has 1 aliphatic heterocycles. The number of hydrazine groups is 1. The smallest absolute Gasteiger partial charge is 0.269 e. The second-order valence-electron chi connectivity index (χ2n) is 6.61. The van der Waals surface area contributed by atoms with Crippen molar-refractivity contribution in [2.45, 2.75) is 37.0 Å². The predicted octanol–water partition coefficient (Wildman–Crippen LogP) is 1.59. The minimum absolute atomic E-state index is 0.0921. The highest BCUT2D eigenvalue weighted by Crippen LogP contribution is 2.22. The zero-order valence-corrected chi connectivity index (χ0v) is 15.3. The third-order valence-electron chi connectivity index (χ3n) is 4.67. The molecule has 7 nitrogen and oxygen atoms in total. The summed E-state index contributed by atoms with van der Waals surface area (Å²) in [6, 6.07) is 5.87. The number of allylic oxidation sites excluding steroid dienone is 2. The first-order valence-electron chi connectivity index (χ1n) is 8.83. The summed E-state index contributed by atoms with van der Waals surface area (Å²) in [6.45, 7) is 1.01. The van der Waals surface area contributed by atoms with Crippen LogP contribution in [0.4, 0.5) is 0 Å². The van der Waals surface area contributed by atoms with E-state index >= 15 is 0 Å². The fraction of sp³-hybridized carbons (Fsp3) is 0.444. The van der Waals surface area contributed by atoms with Crippen LogP contribution < -0.4 is 10.9 Å². The number of carbonyl (C=O) groups is 2. The highest BCUT2D eigenvalue weighted by molar-refractivity contribution is 7.89. The van der Waals surface area contributed by atoms with Gasteiger partial charge in [-0.3, -0.25) is 20.4 Å². The minimum Gasteiger partial charge on any atom is -0.273 e. The molecule has 2 N–H and O–H groups in total. The molecule has 1 fully saturated rings. The fourth-order valence-corrected chi connectivity index (χ4v) is 4.79. The van der Waals surface area contributed by atoms with Crippen LogP contribution in [0.2, 0.25) is 0 Å². The van der Waals surface area contributed by atoms with Crippen LogP contribution in [-0.4, -0.2) is 37.6 Å². The summed E-state index contributed by atoms with van der Waals surface area (Å²) in [5, 5.41) is 0. The number of rotatable bonds is 5. The number of benzene rings is 1. The first-order chi connectivity index (χ1) is 12.5. The van der Waals surface area contributed by atoms with Gasteiger partial charge in [-0.2, -0.15) is 4.31 Å². The monoisotopic (exact) mass is 377 g/mol. The lowest BCUT2D eigenvalue weighted by molar-refractivity contribution is -0.122. The molecule has 1 heterocycles. The van der Waals surface area contributed by atoms with E-state index in [1.54, 1.807) is 0 Å². The average Bonchev–Trinajstić information content (AvgIpc) is 3.34. The van der Waals surface area contributed by atoms with Gasteiger partial charge in [0, 0.05) is 25.1 Å². The molecule has 8 heteroatoms. The molecule has 0 unspecified atom stereocenters. The molecule has 1 aromatic rings. The van der Waals surface area contributed by atoms with E-state index < -0.39 is 15.9 Å². The summed E-state index contributed by atoms with van der Waals surface area (Å²) in [6.07, 6.45) is 7.99. The summed E-state index contributed by atoms with van der Waals surface area (Å²) in [5.41, 5.74) is 4.93. The number of carbonyl (C=O) groups excluding carboxylic acids is 2. The van der Waals surface area contributed by atoms with Crippen molar-refractivity contribution in [3.8, 4) is 0 Å². The van der Waals surface area contributed by atoms with Crippen molar-refractivity contribution < 1.29 is 18.0 Å². The molecule has 1 atom stereocenters. The van der Waals surface area contributed by atoms with Crippen molar-refractivity contribution in [3.63, 3.8) is 0 Å². The predicted molar refractivity (Wildman–Crippen MR) is 96.5 cm³/mol. The van der Waals surface area contributed by atoms with Gasteiger partial charge in [-0.1, -0.05) is 18.2 Å². The molecule has 1 saturated heterocycles. The van der Waals surface area contributed by atoms with Crippen LogP contribution >= 0.6 is 0 Å². The summed E-state index contributed by atoms with van der Waals surface area (Å²) in [4.78, 5) is 24.2. The van der Waals surface area contributed by atoms with E-state index in [0.29, 0.717) is 19.5 Å². The maximum Gasteiger partial charge on any atom is 0.269 e. The van der Waals surface area contributed by atoms with Gasteiger partial charge in [0.1, 0.15) is 0 Å². The van der Waals surface area contributed by atoms with Crippen molar-refractivity contribution in [3.05, 3.63) is 42.0 Å². The molecule has 0 radical (unpaired) electrons. The lowest BCUT2D eigenvalue weighted by atomic mass is 10.1. The van der Waals surface area contributed by atoms with Gasteiger partial charge in [-0.05, 0) is 49.8 Å². The molecule has 1 aliphatic carbocycles. The Morgan fingerprint density at radius 1 is 1.15 bits per heavy atom. The van der Waals surface area contributed by atoms with Crippen LogP contribution in [0.5, 0.6) is 0 Å². The molecule has 3 rings (SSSR count). The maximum atomic E-state index is 12.6. The Hall–Kier alpha value is -2.19. The van der Waals surface area contributed by atoms with Crippen LogP contribution in [-0.2, 0) is 14.8 Å². The number of amides is 2. The van der Waals surface area contributed by atoms with Gasteiger partial charge in [0.15, 0.2) is 0 Å². The van der Waals surface area contributed by atoms with E-state index in [0.717, 1.165) is 25.7 Å². The zero-order chi connectivity index (χ0) is 18.6. The molecular weight excluding hydrogens is 354 g/mol. The van der Waals surface area contributed by atoms with Crippen LogP contribution in [0, 0.1) is 5.92 Å². The summed E-state index contributed by atoms with van der Waals surface area (Å²) in [5.74, 6) is -0.602. The highest BCUT2D eigenvalue weighted by Gasteiger charge is 2.27. The molecule has 0 spiro atoms. The van der Waals surface area contributed by atoms with Gasteiger partial charge < -0.3 is 0 Å². The van der Waals surface area contributed by atoms with E-state index in [-0.39, 0.29) is 22.3 Å². The van der Waals surface area contributed by atoms with Crippen LogP contribution in [0.3, 0.4) is 0 Å². The van der Waals surface area contributed by atoms with Crippen molar-refractivity contribution in [2.75, 3.05) is 13.1 Å². The second-order valence-corrected chi connectivity index (χ2v) is 8.55. The Bertz CT molecular complexity index is 813. The molecule has 2 amide bonds. The quantitative estimate of drug-likeness (QED) is 0.602. The standard InChI is InChI=1S/C18H23N3O4S/c22-17(12-14-6-1-2-7-14)19-20-18(23)15-8-5-9-16(13-15)26(24,25)21-10-3-4-11-21/h1,5-6,8-9,13-14H,2-4,7,10-12H2,(H,19,22)(H,20,23)/t14-/m1/s1. The lowest BCUT2D eigenvalue weighted by Gasteiger charge is -2.16. The van der Waals surface area contributed by atoms with Crippen LogP contribution in [0.25, 0.3) is 0 Å². The van der Waals surface area contributed by atoms with Crippen molar-refractivity contribution >= 4 is 21.8 Å². The first kappa shape index (κ1) is 18.6. The van der Waals surface area contributed by atoms with E-state index in [1.165, 1.54) is 28.6 Å². The van der Waals surface area contributed by atoms with Gasteiger partial charge in [-0.25, -0.2) is 8.42 Å². The number of hydrogen-bond donors (Lipinski definition) is 2.